The van der Waals surface area contributed by atoms with Gasteiger partial charge in [0.2, 0.25) is 0 Å². The standard InChI is InChI=1S/C19H19BrN2O3S/c1-19-10-15(14-8-11(20)9-16(24-3)17(14)25-19)21-18(26)22(19)12-4-6-13(23-2)7-5-12/h4-9,15H,10H2,1-3H3,(H,21,26). The van der Waals surface area contributed by atoms with E-state index >= 15 is 0 Å². The summed E-state index contributed by atoms with van der Waals surface area (Å²) in [5.41, 5.74) is 1.38. The van der Waals surface area contributed by atoms with Crippen molar-refractivity contribution in [3.8, 4) is 17.2 Å². The summed E-state index contributed by atoms with van der Waals surface area (Å²) >= 11 is 9.22. The Kier molecular flexibility index (Phi) is 4.23. The van der Waals surface area contributed by atoms with E-state index in [-0.39, 0.29) is 6.04 Å². The molecule has 2 aromatic rings. The number of benzene rings is 2. The second-order valence-electron chi connectivity index (χ2n) is 6.54. The minimum atomic E-state index is -0.615. The number of hydrogen-bond acceptors (Lipinski definition) is 4. The smallest absolute Gasteiger partial charge is 0.188 e. The van der Waals surface area contributed by atoms with Gasteiger partial charge >= 0.3 is 0 Å². The van der Waals surface area contributed by atoms with E-state index in [1.54, 1.807) is 14.2 Å². The number of nitrogens with zero attached hydrogens (tertiary/aromatic N) is 1. The van der Waals surface area contributed by atoms with E-state index in [4.69, 9.17) is 26.4 Å². The molecule has 2 aliphatic heterocycles. The highest BCUT2D eigenvalue weighted by molar-refractivity contribution is 9.10. The molecule has 1 N–H and O–H groups in total. The Hall–Kier alpha value is -1.99. The fourth-order valence-electron chi connectivity index (χ4n) is 3.67. The van der Waals surface area contributed by atoms with Crippen molar-refractivity contribution in [1.29, 1.82) is 0 Å². The molecule has 136 valence electrons. The van der Waals surface area contributed by atoms with Gasteiger partial charge in [-0.05, 0) is 55.5 Å². The van der Waals surface area contributed by atoms with Crippen LogP contribution in [0.3, 0.4) is 0 Å². The molecule has 0 aliphatic carbocycles. The van der Waals surface area contributed by atoms with E-state index in [2.05, 4.69) is 34.2 Å². The van der Waals surface area contributed by atoms with Crippen LogP contribution in [-0.4, -0.2) is 25.1 Å². The van der Waals surface area contributed by atoms with E-state index in [0.29, 0.717) is 10.9 Å². The van der Waals surface area contributed by atoms with Crippen molar-refractivity contribution >= 4 is 38.9 Å². The molecule has 0 aromatic heterocycles. The molecule has 2 aliphatic rings. The molecule has 2 bridgehead atoms. The van der Waals surface area contributed by atoms with Crippen LogP contribution >= 0.6 is 28.1 Å². The van der Waals surface area contributed by atoms with Gasteiger partial charge < -0.3 is 19.5 Å². The number of nitrogens with one attached hydrogen (secondary N) is 1. The number of halogens is 1. The summed E-state index contributed by atoms with van der Waals surface area (Å²) in [6.07, 6.45) is 0.756. The third-order valence-corrected chi connectivity index (χ3v) is 5.61. The van der Waals surface area contributed by atoms with Crippen LogP contribution in [0.4, 0.5) is 5.69 Å². The summed E-state index contributed by atoms with van der Waals surface area (Å²) in [7, 11) is 3.30. The minimum absolute atomic E-state index is 0.0668. The van der Waals surface area contributed by atoms with Crippen LogP contribution < -0.4 is 24.4 Å². The summed E-state index contributed by atoms with van der Waals surface area (Å²) in [4.78, 5) is 2.02. The van der Waals surface area contributed by atoms with Crippen molar-refractivity contribution in [2.75, 3.05) is 19.1 Å². The Bertz CT molecular complexity index is 874. The molecule has 2 unspecified atom stereocenters. The van der Waals surface area contributed by atoms with Crippen molar-refractivity contribution in [3.63, 3.8) is 0 Å². The molecule has 0 spiro atoms. The Balaban J connectivity index is 1.79. The molecule has 4 rings (SSSR count). The van der Waals surface area contributed by atoms with Crippen LogP contribution in [0, 0.1) is 0 Å². The predicted molar refractivity (Wildman–Crippen MR) is 108 cm³/mol. The van der Waals surface area contributed by atoms with Gasteiger partial charge in [-0.2, -0.15) is 0 Å². The van der Waals surface area contributed by atoms with Crippen molar-refractivity contribution in [2.45, 2.75) is 25.1 Å². The van der Waals surface area contributed by atoms with Crippen molar-refractivity contribution in [3.05, 3.63) is 46.4 Å². The monoisotopic (exact) mass is 434 g/mol. The molecule has 7 heteroatoms. The minimum Gasteiger partial charge on any atom is -0.497 e. The normalized spacial score (nSPS) is 23.6. The van der Waals surface area contributed by atoms with Crippen LogP contribution in [0.25, 0.3) is 0 Å². The summed E-state index contributed by atoms with van der Waals surface area (Å²) in [6, 6.07) is 11.8. The van der Waals surface area contributed by atoms with Crippen LogP contribution in [0.1, 0.15) is 24.9 Å². The fraction of sp³-hybridized carbons (Fsp3) is 0.316. The van der Waals surface area contributed by atoms with Gasteiger partial charge in [0.05, 0.1) is 20.3 Å². The van der Waals surface area contributed by atoms with Gasteiger partial charge in [-0.3, -0.25) is 4.90 Å². The van der Waals surface area contributed by atoms with Crippen LogP contribution in [0.15, 0.2) is 40.9 Å². The van der Waals surface area contributed by atoms with Gasteiger partial charge in [-0.15, -0.1) is 0 Å². The number of fused-ring (bicyclic) bond motifs is 4. The third kappa shape index (κ3) is 2.70. The predicted octanol–water partition coefficient (Wildman–Crippen LogP) is 4.40. The maximum absolute atomic E-state index is 6.48. The lowest BCUT2D eigenvalue weighted by Crippen LogP contribution is -2.65. The Morgan fingerprint density at radius 1 is 1.23 bits per heavy atom. The molecule has 0 radical (unpaired) electrons. The van der Waals surface area contributed by atoms with E-state index in [1.807, 2.05) is 35.2 Å². The molecule has 0 amide bonds. The van der Waals surface area contributed by atoms with Crippen LogP contribution in [-0.2, 0) is 0 Å². The van der Waals surface area contributed by atoms with Crippen molar-refractivity contribution in [1.82, 2.24) is 5.32 Å². The number of ether oxygens (including phenoxy) is 3. The van der Waals surface area contributed by atoms with E-state index in [0.717, 1.165) is 33.6 Å². The Morgan fingerprint density at radius 3 is 2.62 bits per heavy atom. The molecule has 2 atom stereocenters. The lowest BCUT2D eigenvalue weighted by molar-refractivity contribution is 0.0464. The Labute approximate surface area is 166 Å². The van der Waals surface area contributed by atoms with Gasteiger partial charge in [0.25, 0.3) is 0 Å². The first-order valence-corrected chi connectivity index (χ1v) is 9.46. The molecular weight excluding hydrogens is 416 g/mol. The first-order valence-electron chi connectivity index (χ1n) is 8.26. The SMILES string of the molecule is COc1ccc(N2C(=S)NC3CC2(C)Oc2c(OC)cc(Br)cc23)cc1. The number of rotatable bonds is 3. The highest BCUT2D eigenvalue weighted by Gasteiger charge is 2.49. The summed E-state index contributed by atoms with van der Waals surface area (Å²) < 4.78 is 18.2. The van der Waals surface area contributed by atoms with E-state index < -0.39 is 5.72 Å². The molecular formula is C19H19BrN2O3S. The van der Waals surface area contributed by atoms with E-state index in [9.17, 15) is 0 Å². The Morgan fingerprint density at radius 2 is 1.96 bits per heavy atom. The maximum atomic E-state index is 6.48. The van der Waals surface area contributed by atoms with Gasteiger partial charge in [0.1, 0.15) is 5.75 Å². The third-order valence-electron chi connectivity index (χ3n) is 4.85. The van der Waals surface area contributed by atoms with Gasteiger partial charge in [0, 0.05) is 22.1 Å². The molecule has 2 aromatic carbocycles. The fourth-order valence-corrected chi connectivity index (χ4v) is 4.57. The topological polar surface area (TPSA) is 43.0 Å². The summed E-state index contributed by atoms with van der Waals surface area (Å²) in [5.74, 6) is 2.26. The van der Waals surface area contributed by atoms with Crippen LogP contribution in [0.2, 0.25) is 0 Å². The number of hydrogen-bond donors (Lipinski definition) is 1. The van der Waals surface area contributed by atoms with E-state index in [1.165, 1.54) is 0 Å². The number of thiocarbonyl (C=S) groups is 1. The zero-order valence-corrected chi connectivity index (χ0v) is 17.1. The van der Waals surface area contributed by atoms with Crippen molar-refractivity contribution in [2.24, 2.45) is 0 Å². The highest BCUT2D eigenvalue weighted by atomic mass is 79.9. The molecule has 1 fully saturated rings. The van der Waals surface area contributed by atoms with Gasteiger partial charge in [0.15, 0.2) is 22.3 Å². The number of methoxy groups -OCH3 is 2. The largest absolute Gasteiger partial charge is 0.497 e. The maximum Gasteiger partial charge on any atom is 0.188 e. The molecule has 5 nitrogen and oxygen atoms in total. The van der Waals surface area contributed by atoms with Gasteiger partial charge in [-0.25, -0.2) is 0 Å². The lowest BCUT2D eigenvalue weighted by Gasteiger charge is -2.52. The quantitative estimate of drug-likeness (QED) is 0.722. The zero-order chi connectivity index (χ0) is 18.5. The summed E-state index contributed by atoms with van der Waals surface area (Å²) in [5, 5.41) is 4.09. The molecule has 2 heterocycles. The second-order valence-corrected chi connectivity index (χ2v) is 7.85. The highest BCUT2D eigenvalue weighted by Crippen LogP contribution is 2.50. The first kappa shape index (κ1) is 17.4. The average Bonchev–Trinajstić information content (AvgIpc) is 2.62. The molecule has 0 saturated carbocycles. The average molecular weight is 435 g/mol. The first-order chi connectivity index (χ1) is 12.4. The number of anilines is 1. The lowest BCUT2D eigenvalue weighted by atomic mass is 9.90. The molecule has 1 saturated heterocycles. The zero-order valence-electron chi connectivity index (χ0n) is 14.7. The van der Waals surface area contributed by atoms with Crippen molar-refractivity contribution < 1.29 is 14.2 Å². The summed E-state index contributed by atoms with van der Waals surface area (Å²) in [6.45, 7) is 2.06. The van der Waals surface area contributed by atoms with Crippen LogP contribution in [0.5, 0.6) is 17.2 Å². The van der Waals surface area contributed by atoms with Gasteiger partial charge in [-0.1, -0.05) is 15.9 Å². The second kappa shape index (κ2) is 6.32. The molecule has 26 heavy (non-hydrogen) atoms.